The Bertz CT molecular complexity index is 362. The molecule has 5 nitrogen and oxygen atoms in total. The second-order valence-electron chi connectivity index (χ2n) is 4.94. The number of nitrogens with one attached hydrogen (secondary N) is 1. The highest BCUT2D eigenvalue weighted by atomic mass is 32.2. The van der Waals surface area contributed by atoms with Crippen LogP contribution in [0.4, 0.5) is 0 Å². The molecule has 0 saturated heterocycles. The van der Waals surface area contributed by atoms with Gasteiger partial charge in [0.05, 0.1) is 11.0 Å². The topological polar surface area (TPSA) is 66.5 Å². The molecule has 0 aliphatic heterocycles. The molecule has 1 aliphatic carbocycles. The molecule has 0 atom stereocenters. The number of sulfone groups is 1. The van der Waals surface area contributed by atoms with Crippen molar-refractivity contribution in [3.63, 3.8) is 0 Å². The Morgan fingerprint density at radius 3 is 2.50 bits per heavy atom. The Labute approximate surface area is 110 Å². The van der Waals surface area contributed by atoms with Gasteiger partial charge in [0.15, 0.2) is 9.84 Å². The highest BCUT2D eigenvalue weighted by Gasteiger charge is 2.29. The average Bonchev–Trinajstić information content (AvgIpc) is 2.87. The molecule has 0 radical (unpaired) electrons. The van der Waals surface area contributed by atoms with Crippen LogP contribution >= 0.6 is 0 Å². The van der Waals surface area contributed by atoms with Gasteiger partial charge in [0.2, 0.25) is 5.91 Å². The minimum absolute atomic E-state index is 0.000390. The first kappa shape index (κ1) is 15.4. The fourth-order valence-corrected chi connectivity index (χ4v) is 4.08. The minimum Gasteiger partial charge on any atom is -0.344 e. The predicted octanol–water partition coefficient (Wildman–Crippen LogP) is 0.412. The molecule has 1 amide bonds. The SMILES string of the molecule is CNCCN(C)C(=O)CCS(=O)(=O)C1CCCC1. The van der Waals surface area contributed by atoms with E-state index in [1.165, 1.54) is 0 Å². The van der Waals surface area contributed by atoms with Crippen LogP contribution < -0.4 is 5.32 Å². The fraction of sp³-hybridized carbons (Fsp3) is 0.917. The van der Waals surface area contributed by atoms with E-state index < -0.39 is 9.84 Å². The molecule has 0 spiro atoms. The third-order valence-electron chi connectivity index (χ3n) is 3.53. The van der Waals surface area contributed by atoms with E-state index in [2.05, 4.69) is 5.32 Å². The van der Waals surface area contributed by atoms with Crippen molar-refractivity contribution in [2.45, 2.75) is 37.4 Å². The van der Waals surface area contributed by atoms with Gasteiger partial charge in [-0.3, -0.25) is 4.79 Å². The van der Waals surface area contributed by atoms with Gasteiger partial charge in [0.1, 0.15) is 0 Å². The fourth-order valence-electron chi connectivity index (χ4n) is 2.24. The summed E-state index contributed by atoms with van der Waals surface area (Å²) in [5, 5.41) is 2.76. The van der Waals surface area contributed by atoms with Crippen molar-refractivity contribution < 1.29 is 13.2 Å². The van der Waals surface area contributed by atoms with Crippen molar-refractivity contribution in [2.75, 3.05) is 32.9 Å². The van der Waals surface area contributed by atoms with Gasteiger partial charge in [-0.15, -0.1) is 0 Å². The van der Waals surface area contributed by atoms with Gasteiger partial charge in [0.25, 0.3) is 0 Å². The van der Waals surface area contributed by atoms with E-state index in [1.54, 1.807) is 11.9 Å². The second-order valence-corrected chi connectivity index (χ2v) is 7.34. The molecule has 106 valence electrons. The van der Waals surface area contributed by atoms with Gasteiger partial charge in [-0.25, -0.2) is 8.42 Å². The van der Waals surface area contributed by atoms with Crippen LogP contribution in [-0.2, 0) is 14.6 Å². The van der Waals surface area contributed by atoms with Crippen molar-refractivity contribution >= 4 is 15.7 Å². The van der Waals surface area contributed by atoms with Gasteiger partial charge in [0, 0.05) is 26.6 Å². The third kappa shape index (κ3) is 4.57. The van der Waals surface area contributed by atoms with E-state index in [0.717, 1.165) is 32.2 Å². The standard InChI is InChI=1S/C12H24N2O3S/c1-13-8-9-14(2)12(15)7-10-18(16,17)11-5-3-4-6-11/h11,13H,3-10H2,1-2H3. The summed E-state index contributed by atoms with van der Waals surface area (Å²) in [6, 6.07) is 0. The van der Waals surface area contributed by atoms with Crippen LogP contribution in [0.15, 0.2) is 0 Å². The number of likely N-dealkylation sites (N-methyl/N-ethyl adjacent to an activating group) is 2. The number of nitrogens with zero attached hydrogens (tertiary/aromatic N) is 1. The van der Waals surface area contributed by atoms with E-state index >= 15 is 0 Å². The Kier molecular flexibility index (Phi) is 6.08. The van der Waals surface area contributed by atoms with E-state index in [9.17, 15) is 13.2 Å². The van der Waals surface area contributed by atoms with Gasteiger partial charge in [-0.2, -0.15) is 0 Å². The molecule has 1 N–H and O–H groups in total. The third-order valence-corrected chi connectivity index (χ3v) is 5.79. The van der Waals surface area contributed by atoms with Gasteiger partial charge >= 0.3 is 0 Å². The first-order valence-corrected chi connectivity index (χ1v) is 8.29. The van der Waals surface area contributed by atoms with Crippen LogP contribution in [0.1, 0.15) is 32.1 Å². The summed E-state index contributed by atoms with van der Waals surface area (Å²) < 4.78 is 24.0. The van der Waals surface area contributed by atoms with Gasteiger partial charge in [-0.1, -0.05) is 12.8 Å². The molecule has 0 bridgehead atoms. The molecule has 0 aromatic heterocycles. The summed E-state index contributed by atoms with van der Waals surface area (Å²) in [4.78, 5) is 13.3. The average molecular weight is 276 g/mol. The number of carbonyl (C=O) groups is 1. The van der Waals surface area contributed by atoms with Crippen molar-refractivity contribution in [3.05, 3.63) is 0 Å². The smallest absolute Gasteiger partial charge is 0.223 e. The van der Waals surface area contributed by atoms with Gasteiger partial charge < -0.3 is 10.2 Å². The minimum atomic E-state index is -3.07. The lowest BCUT2D eigenvalue weighted by molar-refractivity contribution is -0.129. The molecule has 0 unspecified atom stereocenters. The van der Waals surface area contributed by atoms with E-state index in [1.807, 2.05) is 7.05 Å². The Morgan fingerprint density at radius 2 is 1.94 bits per heavy atom. The summed E-state index contributed by atoms with van der Waals surface area (Å²) in [5.74, 6) is -0.0905. The summed E-state index contributed by atoms with van der Waals surface area (Å²) in [6.07, 6.45) is 3.65. The Balaban J connectivity index is 2.37. The molecular formula is C12H24N2O3S. The molecule has 1 saturated carbocycles. The number of rotatable bonds is 7. The molecule has 1 rings (SSSR count). The lowest BCUT2D eigenvalue weighted by Gasteiger charge is -2.17. The Hall–Kier alpha value is -0.620. The zero-order chi connectivity index (χ0) is 13.6. The van der Waals surface area contributed by atoms with E-state index in [-0.39, 0.29) is 23.3 Å². The van der Waals surface area contributed by atoms with Crippen LogP contribution in [0, 0.1) is 0 Å². The molecule has 0 heterocycles. The highest BCUT2D eigenvalue weighted by Crippen LogP contribution is 2.25. The van der Waals surface area contributed by atoms with E-state index in [4.69, 9.17) is 0 Å². The van der Waals surface area contributed by atoms with Crippen LogP contribution in [0.5, 0.6) is 0 Å². The molecule has 0 aromatic carbocycles. The molecular weight excluding hydrogens is 252 g/mol. The number of hydrogen-bond acceptors (Lipinski definition) is 4. The quantitative estimate of drug-likeness (QED) is 0.731. The van der Waals surface area contributed by atoms with Crippen LogP contribution in [0.3, 0.4) is 0 Å². The normalized spacial score (nSPS) is 17.0. The lowest BCUT2D eigenvalue weighted by atomic mass is 10.4. The van der Waals surface area contributed by atoms with Crippen molar-refractivity contribution in [1.82, 2.24) is 10.2 Å². The molecule has 0 aromatic rings. The van der Waals surface area contributed by atoms with Crippen molar-refractivity contribution in [3.8, 4) is 0 Å². The summed E-state index contributed by atoms with van der Waals surface area (Å²) >= 11 is 0. The molecule has 1 fully saturated rings. The molecule has 6 heteroatoms. The first-order chi connectivity index (χ1) is 8.47. The second kappa shape index (κ2) is 7.09. The van der Waals surface area contributed by atoms with Crippen LogP contribution in [0.25, 0.3) is 0 Å². The zero-order valence-corrected chi connectivity index (χ0v) is 12.1. The van der Waals surface area contributed by atoms with E-state index in [0.29, 0.717) is 6.54 Å². The summed E-state index contributed by atoms with van der Waals surface area (Å²) in [7, 11) is 0.460. The maximum absolute atomic E-state index is 12.0. The van der Waals surface area contributed by atoms with Crippen molar-refractivity contribution in [1.29, 1.82) is 0 Å². The zero-order valence-electron chi connectivity index (χ0n) is 11.3. The summed E-state index contributed by atoms with van der Waals surface area (Å²) in [5.41, 5.74) is 0. The van der Waals surface area contributed by atoms with Crippen LogP contribution in [0.2, 0.25) is 0 Å². The number of hydrogen-bond donors (Lipinski definition) is 1. The van der Waals surface area contributed by atoms with Crippen LogP contribution in [-0.4, -0.2) is 57.4 Å². The predicted molar refractivity (Wildman–Crippen MR) is 72.2 cm³/mol. The largest absolute Gasteiger partial charge is 0.344 e. The van der Waals surface area contributed by atoms with Crippen molar-refractivity contribution in [2.24, 2.45) is 0 Å². The maximum Gasteiger partial charge on any atom is 0.223 e. The monoisotopic (exact) mass is 276 g/mol. The highest BCUT2D eigenvalue weighted by molar-refractivity contribution is 7.92. The maximum atomic E-state index is 12.0. The summed E-state index contributed by atoms with van der Waals surface area (Å²) in [6.45, 7) is 1.33. The molecule has 1 aliphatic rings. The first-order valence-electron chi connectivity index (χ1n) is 6.57. The lowest BCUT2D eigenvalue weighted by Crippen LogP contribution is -2.34. The molecule has 18 heavy (non-hydrogen) atoms. The Morgan fingerprint density at radius 1 is 1.33 bits per heavy atom. The number of amides is 1. The van der Waals surface area contributed by atoms with Gasteiger partial charge in [-0.05, 0) is 19.9 Å². The number of carbonyl (C=O) groups excluding carboxylic acids is 1.